The van der Waals surface area contributed by atoms with Crippen LogP contribution < -0.4 is 9.62 Å². The molecule has 1 heterocycles. The lowest BCUT2D eigenvalue weighted by molar-refractivity contribution is 0.0943. The molecule has 3 aromatic carbocycles. The quantitative estimate of drug-likeness (QED) is 0.612. The van der Waals surface area contributed by atoms with Crippen molar-refractivity contribution < 1.29 is 13.2 Å². The molecule has 1 saturated heterocycles. The minimum absolute atomic E-state index is 0.145. The number of sulfonamides is 1. The summed E-state index contributed by atoms with van der Waals surface area (Å²) in [5.41, 5.74) is 4.97. The summed E-state index contributed by atoms with van der Waals surface area (Å²) in [4.78, 5) is 13.3. The van der Waals surface area contributed by atoms with Crippen LogP contribution >= 0.6 is 0 Å². The zero-order valence-electron chi connectivity index (χ0n) is 18.4. The first-order valence-corrected chi connectivity index (χ1v) is 12.5. The zero-order valence-corrected chi connectivity index (χ0v) is 19.2. The van der Waals surface area contributed by atoms with Crippen molar-refractivity contribution in [3.8, 4) is 0 Å². The van der Waals surface area contributed by atoms with Crippen LogP contribution in [0.25, 0.3) is 0 Å². The fourth-order valence-corrected chi connectivity index (χ4v) is 5.84. The van der Waals surface area contributed by atoms with Gasteiger partial charge in [-0.15, -0.1) is 0 Å². The minimum Gasteiger partial charge on any atom is -0.341 e. The summed E-state index contributed by atoms with van der Waals surface area (Å²) in [7, 11) is -3.35. The largest absolute Gasteiger partial charge is 0.341 e. The van der Waals surface area contributed by atoms with E-state index in [-0.39, 0.29) is 17.7 Å². The van der Waals surface area contributed by atoms with Crippen LogP contribution in [0.4, 0.5) is 5.69 Å². The Kier molecular flexibility index (Phi) is 6.33. The van der Waals surface area contributed by atoms with Crippen molar-refractivity contribution in [3.63, 3.8) is 0 Å². The van der Waals surface area contributed by atoms with Gasteiger partial charge in [-0.05, 0) is 55.5 Å². The predicted octanol–water partition coefficient (Wildman–Crippen LogP) is 4.75. The maximum absolute atomic E-state index is 13.3. The predicted molar refractivity (Wildman–Crippen MR) is 128 cm³/mol. The molecule has 166 valence electrons. The number of carbonyl (C=O) groups is 1. The van der Waals surface area contributed by atoms with E-state index in [0.29, 0.717) is 24.2 Å². The minimum atomic E-state index is -3.35. The van der Waals surface area contributed by atoms with Crippen LogP contribution in [0.5, 0.6) is 0 Å². The molecule has 3 aromatic rings. The highest BCUT2D eigenvalue weighted by Crippen LogP contribution is 2.29. The summed E-state index contributed by atoms with van der Waals surface area (Å²) in [6.45, 7) is 4.35. The van der Waals surface area contributed by atoms with Crippen molar-refractivity contribution in [1.82, 2.24) is 5.32 Å². The number of benzene rings is 3. The van der Waals surface area contributed by atoms with Gasteiger partial charge in [0, 0.05) is 12.1 Å². The number of hydrogen-bond donors (Lipinski definition) is 1. The molecule has 0 radical (unpaired) electrons. The molecule has 0 aromatic heterocycles. The standard InChI is InChI=1S/C26H28N2O3S/c1-19-9-8-12-22(17-19)25(21-10-4-3-5-11-21)27-26(29)23-14-13-20(2)24(18-23)28-15-6-7-16-32(28,30)31/h3-5,8-14,17-18,25H,6-7,15-16H2,1-2H3,(H,27,29)/t25-/m0/s1. The highest BCUT2D eigenvalue weighted by molar-refractivity contribution is 7.92. The van der Waals surface area contributed by atoms with Crippen molar-refractivity contribution in [2.75, 3.05) is 16.6 Å². The Morgan fingerprint density at radius 3 is 2.38 bits per heavy atom. The number of anilines is 1. The van der Waals surface area contributed by atoms with Crippen molar-refractivity contribution in [2.24, 2.45) is 0 Å². The Balaban J connectivity index is 1.67. The summed E-state index contributed by atoms with van der Waals surface area (Å²) in [6, 6.07) is 22.9. The Morgan fingerprint density at radius 1 is 0.906 bits per heavy atom. The number of rotatable bonds is 5. The smallest absolute Gasteiger partial charge is 0.252 e. The first kappa shape index (κ1) is 22.1. The summed E-state index contributed by atoms with van der Waals surface area (Å²) < 4.78 is 26.7. The van der Waals surface area contributed by atoms with Crippen LogP contribution in [-0.2, 0) is 10.0 Å². The molecular formula is C26H28N2O3S. The molecule has 0 bridgehead atoms. The van der Waals surface area contributed by atoms with Gasteiger partial charge in [-0.2, -0.15) is 0 Å². The van der Waals surface area contributed by atoms with E-state index in [2.05, 4.69) is 11.4 Å². The SMILES string of the molecule is Cc1cccc([C@@H](NC(=O)c2ccc(C)c(N3CCCCS3(=O)=O)c2)c2ccccc2)c1. The van der Waals surface area contributed by atoms with Crippen LogP contribution in [0.3, 0.4) is 0 Å². The van der Waals surface area contributed by atoms with Gasteiger partial charge in [0.15, 0.2) is 0 Å². The fraction of sp³-hybridized carbons (Fsp3) is 0.269. The van der Waals surface area contributed by atoms with E-state index in [4.69, 9.17) is 0 Å². The molecule has 1 fully saturated rings. The summed E-state index contributed by atoms with van der Waals surface area (Å²) in [6.07, 6.45) is 1.49. The molecule has 1 N–H and O–H groups in total. The van der Waals surface area contributed by atoms with Gasteiger partial charge >= 0.3 is 0 Å². The molecule has 0 unspecified atom stereocenters. The number of aryl methyl sites for hydroxylation is 2. The number of nitrogens with zero attached hydrogens (tertiary/aromatic N) is 1. The number of nitrogens with one attached hydrogen (secondary N) is 1. The van der Waals surface area contributed by atoms with Crippen LogP contribution in [0.1, 0.15) is 51.5 Å². The Morgan fingerprint density at radius 2 is 1.66 bits per heavy atom. The first-order chi connectivity index (χ1) is 15.3. The van der Waals surface area contributed by atoms with E-state index in [9.17, 15) is 13.2 Å². The Bertz CT molecular complexity index is 1220. The van der Waals surface area contributed by atoms with E-state index >= 15 is 0 Å². The van der Waals surface area contributed by atoms with E-state index in [1.807, 2.05) is 68.4 Å². The number of carbonyl (C=O) groups excluding carboxylic acids is 1. The van der Waals surface area contributed by atoms with Gasteiger partial charge in [-0.1, -0.05) is 66.2 Å². The van der Waals surface area contributed by atoms with Crippen LogP contribution in [0.15, 0.2) is 72.8 Å². The molecule has 1 aliphatic heterocycles. The maximum atomic E-state index is 13.3. The molecule has 6 heteroatoms. The molecule has 0 saturated carbocycles. The molecule has 0 spiro atoms. The molecular weight excluding hydrogens is 420 g/mol. The lowest BCUT2D eigenvalue weighted by atomic mass is 9.97. The van der Waals surface area contributed by atoms with Crippen molar-refractivity contribution in [3.05, 3.63) is 101 Å². The lowest BCUT2D eigenvalue weighted by Gasteiger charge is -2.30. The van der Waals surface area contributed by atoms with Gasteiger partial charge in [0.1, 0.15) is 0 Å². The van der Waals surface area contributed by atoms with Gasteiger partial charge in [-0.3, -0.25) is 9.10 Å². The lowest BCUT2D eigenvalue weighted by Crippen LogP contribution is -2.38. The third kappa shape index (κ3) is 4.70. The van der Waals surface area contributed by atoms with E-state index in [1.165, 1.54) is 4.31 Å². The van der Waals surface area contributed by atoms with Crippen LogP contribution in [-0.4, -0.2) is 26.6 Å². The van der Waals surface area contributed by atoms with Crippen LogP contribution in [0.2, 0.25) is 0 Å². The molecule has 1 aliphatic rings. The molecule has 5 nitrogen and oxygen atoms in total. The second-order valence-corrected chi connectivity index (χ2v) is 10.3. The van der Waals surface area contributed by atoms with E-state index < -0.39 is 10.0 Å². The van der Waals surface area contributed by atoms with Gasteiger partial charge in [-0.25, -0.2) is 8.42 Å². The first-order valence-electron chi connectivity index (χ1n) is 10.9. The van der Waals surface area contributed by atoms with Gasteiger partial charge in [0.25, 0.3) is 5.91 Å². The monoisotopic (exact) mass is 448 g/mol. The highest BCUT2D eigenvalue weighted by Gasteiger charge is 2.28. The maximum Gasteiger partial charge on any atom is 0.252 e. The average molecular weight is 449 g/mol. The second kappa shape index (κ2) is 9.17. The van der Waals surface area contributed by atoms with E-state index in [1.54, 1.807) is 12.1 Å². The third-order valence-corrected chi connectivity index (χ3v) is 7.73. The molecule has 32 heavy (non-hydrogen) atoms. The average Bonchev–Trinajstić information content (AvgIpc) is 2.78. The van der Waals surface area contributed by atoms with Crippen molar-refractivity contribution >= 4 is 21.6 Å². The topological polar surface area (TPSA) is 66.5 Å². The molecule has 0 aliphatic carbocycles. The molecule has 1 amide bonds. The van der Waals surface area contributed by atoms with Gasteiger partial charge in [0.05, 0.1) is 17.5 Å². The van der Waals surface area contributed by atoms with Crippen molar-refractivity contribution in [2.45, 2.75) is 32.7 Å². The normalized spacial score (nSPS) is 16.4. The Labute approximate surface area is 190 Å². The summed E-state index contributed by atoms with van der Waals surface area (Å²) in [5.74, 6) is -0.0947. The van der Waals surface area contributed by atoms with E-state index in [0.717, 1.165) is 28.7 Å². The van der Waals surface area contributed by atoms with Crippen molar-refractivity contribution in [1.29, 1.82) is 0 Å². The summed E-state index contributed by atoms with van der Waals surface area (Å²) in [5, 5.41) is 3.16. The highest BCUT2D eigenvalue weighted by atomic mass is 32.2. The Hall–Kier alpha value is -3.12. The van der Waals surface area contributed by atoms with Crippen LogP contribution in [0, 0.1) is 13.8 Å². The molecule has 4 rings (SSSR count). The zero-order chi connectivity index (χ0) is 22.7. The fourth-order valence-electron chi connectivity index (χ4n) is 4.15. The molecule has 1 atom stereocenters. The number of hydrogen-bond acceptors (Lipinski definition) is 3. The second-order valence-electron chi connectivity index (χ2n) is 8.33. The summed E-state index contributed by atoms with van der Waals surface area (Å²) >= 11 is 0. The van der Waals surface area contributed by atoms with Gasteiger partial charge in [0.2, 0.25) is 10.0 Å². The third-order valence-electron chi connectivity index (χ3n) is 5.87. The van der Waals surface area contributed by atoms with Gasteiger partial charge < -0.3 is 5.32 Å². The number of amides is 1.